The van der Waals surface area contributed by atoms with Gasteiger partial charge in [0, 0.05) is 24.7 Å². The van der Waals surface area contributed by atoms with Crippen molar-refractivity contribution < 1.29 is 18.7 Å². The third-order valence-corrected chi connectivity index (χ3v) is 8.73. The van der Waals surface area contributed by atoms with Crippen LogP contribution >= 0.6 is 0 Å². The Morgan fingerprint density at radius 3 is 2.40 bits per heavy atom. The molecule has 0 saturated heterocycles. The van der Waals surface area contributed by atoms with Crippen molar-refractivity contribution in [3.8, 4) is 0 Å². The third kappa shape index (κ3) is 2.42. The Kier molecular flexibility index (Phi) is 4.05. The minimum absolute atomic E-state index is 0.0307. The second-order valence-electron chi connectivity index (χ2n) is 9.65. The van der Waals surface area contributed by atoms with Gasteiger partial charge in [0.25, 0.3) is 0 Å². The van der Waals surface area contributed by atoms with E-state index in [1.54, 1.807) is 0 Å². The maximum absolute atomic E-state index is 14.7. The van der Waals surface area contributed by atoms with Gasteiger partial charge in [0.15, 0.2) is 12.0 Å². The van der Waals surface area contributed by atoms with Crippen LogP contribution in [-0.4, -0.2) is 24.0 Å². The highest BCUT2D eigenvalue weighted by Crippen LogP contribution is 2.66. The van der Waals surface area contributed by atoms with Crippen molar-refractivity contribution in [2.75, 3.05) is 0 Å². The maximum Gasteiger partial charge on any atom is 0.302 e. The minimum atomic E-state index is -1.25. The van der Waals surface area contributed by atoms with Crippen LogP contribution < -0.4 is 0 Å². The summed E-state index contributed by atoms with van der Waals surface area (Å²) < 4.78 is 20.3. The predicted molar refractivity (Wildman–Crippen MR) is 92.6 cm³/mol. The molecule has 0 aliphatic heterocycles. The smallest absolute Gasteiger partial charge is 0.302 e. The van der Waals surface area contributed by atoms with E-state index in [4.69, 9.17) is 4.74 Å². The summed E-state index contributed by atoms with van der Waals surface area (Å²) in [5.74, 6) is 1.27. The third-order valence-electron chi connectivity index (χ3n) is 8.73. The Hall–Kier alpha value is -0.930. The second-order valence-corrected chi connectivity index (χ2v) is 9.65. The average molecular weight is 350 g/mol. The van der Waals surface area contributed by atoms with Crippen LogP contribution in [0.5, 0.6) is 0 Å². The van der Waals surface area contributed by atoms with E-state index in [2.05, 4.69) is 13.8 Å². The first-order chi connectivity index (χ1) is 11.8. The Labute approximate surface area is 150 Å². The highest BCUT2D eigenvalue weighted by atomic mass is 19.1. The zero-order chi connectivity index (χ0) is 18.0. The number of halogens is 1. The van der Waals surface area contributed by atoms with Crippen molar-refractivity contribution in [2.24, 2.45) is 34.5 Å². The maximum atomic E-state index is 14.7. The molecule has 0 N–H and O–H groups in total. The summed E-state index contributed by atoms with van der Waals surface area (Å²) in [6.07, 6.45) is 6.18. The number of ketones is 1. The van der Waals surface area contributed by atoms with Crippen molar-refractivity contribution in [3.63, 3.8) is 0 Å². The van der Waals surface area contributed by atoms with Crippen molar-refractivity contribution in [1.29, 1.82) is 0 Å². The molecule has 0 radical (unpaired) electrons. The predicted octanol–water partition coefficient (Wildman–Crippen LogP) is 4.48. The van der Waals surface area contributed by atoms with Crippen molar-refractivity contribution in [1.82, 2.24) is 0 Å². The van der Waals surface area contributed by atoms with Gasteiger partial charge in [0.05, 0.1) is 0 Å². The normalized spacial score (nSPS) is 52.1. The Morgan fingerprint density at radius 2 is 1.68 bits per heavy atom. The lowest BCUT2D eigenvalue weighted by Gasteiger charge is -2.60. The highest BCUT2D eigenvalue weighted by Gasteiger charge is 2.62. The monoisotopic (exact) mass is 350 g/mol. The van der Waals surface area contributed by atoms with E-state index in [1.807, 2.05) is 0 Å². The number of carbonyl (C=O) groups excluding carboxylic acids is 2. The van der Waals surface area contributed by atoms with Gasteiger partial charge in [-0.25, -0.2) is 4.39 Å². The fourth-order valence-corrected chi connectivity index (χ4v) is 7.44. The fraction of sp³-hybridized carbons (Fsp3) is 0.905. The van der Waals surface area contributed by atoms with Crippen LogP contribution in [0.15, 0.2) is 0 Å². The second kappa shape index (κ2) is 5.79. The number of ether oxygens (including phenoxy) is 1. The average Bonchev–Trinajstić information content (AvgIpc) is 2.88. The van der Waals surface area contributed by atoms with Gasteiger partial charge in [-0.2, -0.15) is 0 Å². The molecule has 4 aliphatic rings. The van der Waals surface area contributed by atoms with Crippen LogP contribution in [0.3, 0.4) is 0 Å². The number of rotatable bonds is 1. The summed E-state index contributed by atoms with van der Waals surface area (Å²) in [7, 11) is 0. The molecule has 4 aliphatic carbocycles. The Morgan fingerprint density at radius 1 is 1.00 bits per heavy atom. The lowest BCUT2D eigenvalue weighted by atomic mass is 9.45. The van der Waals surface area contributed by atoms with Gasteiger partial charge in [-0.05, 0) is 68.1 Å². The van der Waals surface area contributed by atoms with E-state index in [1.165, 1.54) is 6.92 Å². The molecule has 0 aromatic heterocycles. The molecular formula is C21H31FO3. The molecule has 0 aromatic rings. The molecule has 25 heavy (non-hydrogen) atoms. The number of esters is 1. The largest absolute Gasteiger partial charge is 0.462 e. The van der Waals surface area contributed by atoms with E-state index in [9.17, 15) is 14.0 Å². The molecule has 0 bridgehead atoms. The molecule has 3 nitrogen and oxygen atoms in total. The van der Waals surface area contributed by atoms with E-state index < -0.39 is 6.17 Å². The van der Waals surface area contributed by atoms with Crippen LogP contribution in [0.4, 0.5) is 4.39 Å². The zero-order valence-electron chi connectivity index (χ0n) is 15.7. The van der Waals surface area contributed by atoms with Crippen LogP contribution in [0.25, 0.3) is 0 Å². The molecule has 4 heteroatoms. The number of alkyl halides is 1. The van der Waals surface area contributed by atoms with Crippen molar-refractivity contribution in [2.45, 2.75) is 84.4 Å². The molecule has 0 heterocycles. The molecule has 0 amide bonds. The summed E-state index contributed by atoms with van der Waals surface area (Å²) in [6.45, 7) is 6.08. The van der Waals surface area contributed by atoms with Crippen molar-refractivity contribution >= 4 is 11.8 Å². The van der Waals surface area contributed by atoms with Crippen LogP contribution in [0.2, 0.25) is 0 Å². The lowest BCUT2D eigenvalue weighted by Crippen LogP contribution is -2.57. The summed E-state index contributed by atoms with van der Waals surface area (Å²) in [6, 6.07) is 0. The van der Waals surface area contributed by atoms with Gasteiger partial charge in [0.2, 0.25) is 0 Å². The van der Waals surface area contributed by atoms with Crippen LogP contribution in [-0.2, 0) is 14.3 Å². The minimum Gasteiger partial charge on any atom is -0.462 e. The van der Waals surface area contributed by atoms with E-state index in [-0.39, 0.29) is 34.6 Å². The Balaban J connectivity index is 1.60. The zero-order valence-corrected chi connectivity index (χ0v) is 15.7. The number of hydrogen-bond donors (Lipinski definition) is 0. The molecule has 140 valence electrons. The molecule has 0 aromatic carbocycles. The quantitative estimate of drug-likeness (QED) is 0.655. The molecule has 4 saturated carbocycles. The van der Waals surface area contributed by atoms with Gasteiger partial charge in [-0.1, -0.05) is 13.8 Å². The van der Waals surface area contributed by atoms with Crippen LogP contribution in [0, 0.1) is 34.5 Å². The molecule has 0 spiro atoms. The van der Waals surface area contributed by atoms with Crippen LogP contribution in [0.1, 0.15) is 72.1 Å². The first-order valence-electron chi connectivity index (χ1n) is 10.1. The van der Waals surface area contributed by atoms with E-state index >= 15 is 0 Å². The number of carbonyl (C=O) groups is 2. The topological polar surface area (TPSA) is 43.4 Å². The summed E-state index contributed by atoms with van der Waals surface area (Å²) in [5, 5.41) is 0. The van der Waals surface area contributed by atoms with Gasteiger partial charge < -0.3 is 4.74 Å². The number of fused-ring (bicyclic) bond motifs is 5. The molecule has 4 rings (SSSR count). The SMILES string of the molecule is CC(=O)OC1CC[C@H]2[C@@H]3CCC4C(F)C(=O)CC[C@]4(C)[C@H]3CC[C@]12C. The molecular weight excluding hydrogens is 319 g/mol. The summed E-state index contributed by atoms with van der Waals surface area (Å²) >= 11 is 0. The number of hydrogen-bond acceptors (Lipinski definition) is 3. The first kappa shape index (κ1) is 17.5. The lowest BCUT2D eigenvalue weighted by molar-refractivity contribution is -0.166. The van der Waals surface area contributed by atoms with Gasteiger partial charge >= 0.3 is 5.97 Å². The highest BCUT2D eigenvalue weighted by molar-refractivity contribution is 5.84. The van der Waals surface area contributed by atoms with Gasteiger partial charge in [-0.15, -0.1) is 0 Å². The first-order valence-corrected chi connectivity index (χ1v) is 10.1. The summed E-state index contributed by atoms with van der Waals surface area (Å²) in [4.78, 5) is 23.4. The van der Waals surface area contributed by atoms with E-state index in [0.717, 1.165) is 44.9 Å². The standard InChI is InChI=1S/C21H31FO3/c1-12(23)25-18-7-6-14-13-4-5-16-19(22)17(24)9-11-20(16,2)15(13)8-10-21(14,18)3/h13-16,18-19H,4-11H2,1-3H3/t13-,14-,15-,16?,18?,19?,20+,21-/m0/s1. The van der Waals surface area contributed by atoms with Gasteiger partial charge in [-0.3, -0.25) is 9.59 Å². The molecule has 4 fully saturated rings. The van der Waals surface area contributed by atoms with Crippen molar-refractivity contribution in [3.05, 3.63) is 0 Å². The summed E-state index contributed by atoms with van der Waals surface area (Å²) in [5.41, 5.74) is 0.0483. The molecule has 8 atom stereocenters. The van der Waals surface area contributed by atoms with Gasteiger partial charge in [0.1, 0.15) is 6.10 Å². The fourth-order valence-electron chi connectivity index (χ4n) is 7.44. The van der Waals surface area contributed by atoms with E-state index in [0.29, 0.717) is 24.2 Å². The number of Topliss-reactive ketones (excluding diaryl/α,β-unsaturated/α-hetero) is 1. The molecule has 3 unspecified atom stereocenters. The Bertz CT molecular complexity index is 590.